The Labute approximate surface area is 120 Å². The zero-order chi connectivity index (χ0) is 13.9. The van der Waals surface area contributed by atoms with Crippen LogP contribution < -0.4 is 5.32 Å². The van der Waals surface area contributed by atoms with Crippen molar-refractivity contribution in [2.24, 2.45) is 23.7 Å². The maximum Gasteiger partial charge on any atom is 0.227 e. The van der Waals surface area contributed by atoms with Gasteiger partial charge in [-0.2, -0.15) is 0 Å². The molecular weight excluding hydrogens is 252 g/mol. The van der Waals surface area contributed by atoms with E-state index in [1.807, 2.05) is 0 Å². The summed E-state index contributed by atoms with van der Waals surface area (Å²) in [7, 11) is 0. The molecular formula is C16H24N2O2. The summed E-state index contributed by atoms with van der Waals surface area (Å²) < 4.78 is 0. The van der Waals surface area contributed by atoms with Gasteiger partial charge in [0, 0.05) is 25.6 Å². The molecule has 0 atom stereocenters. The summed E-state index contributed by atoms with van der Waals surface area (Å²) in [6, 6.07) is 0. The van der Waals surface area contributed by atoms with Gasteiger partial charge in [-0.1, -0.05) is 0 Å². The molecule has 5 aliphatic rings. The van der Waals surface area contributed by atoms with E-state index in [0.29, 0.717) is 13.1 Å². The van der Waals surface area contributed by atoms with Gasteiger partial charge in [0.05, 0.1) is 5.92 Å². The van der Waals surface area contributed by atoms with Crippen molar-refractivity contribution in [3.8, 4) is 0 Å². The molecule has 4 bridgehead atoms. The second-order valence-corrected chi connectivity index (χ2v) is 7.81. The van der Waals surface area contributed by atoms with Crippen molar-refractivity contribution in [1.29, 1.82) is 0 Å². The summed E-state index contributed by atoms with van der Waals surface area (Å²) in [5, 5.41) is 3.41. The van der Waals surface area contributed by atoms with Crippen LogP contribution in [0.25, 0.3) is 0 Å². The summed E-state index contributed by atoms with van der Waals surface area (Å²) in [4.78, 5) is 25.4. The summed E-state index contributed by atoms with van der Waals surface area (Å²) in [5.41, 5.74) is 0.114. The van der Waals surface area contributed by atoms with Crippen molar-refractivity contribution in [2.75, 3.05) is 13.1 Å². The highest BCUT2D eigenvalue weighted by Crippen LogP contribution is 2.55. The molecule has 0 unspecified atom stereocenters. The van der Waals surface area contributed by atoms with Crippen LogP contribution in [0.15, 0.2) is 0 Å². The second-order valence-electron chi connectivity index (χ2n) is 7.81. The molecule has 0 aromatic rings. The number of nitrogens with one attached hydrogen (secondary N) is 1. The lowest BCUT2D eigenvalue weighted by molar-refractivity contribution is -0.143. The molecule has 4 nitrogen and oxygen atoms in total. The summed E-state index contributed by atoms with van der Waals surface area (Å²) in [6.07, 6.45) is 7.81. The fraction of sp³-hybridized carbons (Fsp3) is 0.875. The van der Waals surface area contributed by atoms with E-state index in [4.69, 9.17) is 0 Å². The molecule has 1 N–H and O–H groups in total. The van der Waals surface area contributed by atoms with Crippen LogP contribution in [0, 0.1) is 23.7 Å². The molecule has 0 aromatic carbocycles. The fourth-order valence-electron chi connectivity index (χ4n) is 5.53. The van der Waals surface area contributed by atoms with Gasteiger partial charge in [0.15, 0.2) is 0 Å². The monoisotopic (exact) mass is 276 g/mol. The molecule has 4 saturated carbocycles. The Bertz CT molecular complexity index is 418. The van der Waals surface area contributed by atoms with E-state index in [9.17, 15) is 9.59 Å². The smallest absolute Gasteiger partial charge is 0.227 e. The lowest BCUT2D eigenvalue weighted by Crippen LogP contribution is -2.64. The third kappa shape index (κ3) is 1.95. The van der Waals surface area contributed by atoms with E-state index < -0.39 is 0 Å². The third-order valence-corrected chi connectivity index (χ3v) is 6.12. The molecule has 1 saturated heterocycles. The van der Waals surface area contributed by atoms with Crippen molar-refractivity contribution in [1.82, 2.24) is 10.2 Å². The van der Waals surface area contributed by atoms with Crippen LogP contribution in [0.4, 0.5) is 0 Å². The molecule has 110 valence electrons. The summed E-state index contributed by atoms with van der Waals surface area (Å²) >= 11 is 0. The number of carbonyl (C=O) groups is 2. The van der Waals surface area contributed by atoms with Gasteiger partial charge in [-0.3, -0.25) is 9.59 Å². The first-order valence-electron chi connectivity index (χ1n) is 8.10. The average Bonchev–Trinajstić information content (AvgIpc) is 2.22. The predicted molar refractivity (Wildman–Crippen MR) is 74.8 cm³/mol. The number of amides is 2. The van der Waals surface area contributed by atoms with E-state index in [2.05, 4.69) is 5.32 Å². The van der Waals surface area contributed by atoms with Crippen LogP contribution in [0.5, 0.6) is 0 Å². The van der Waals surface area contributed by atoms with E-state index in [1.54, 1.807) is 11.8 Å². The van der Waals surface area contributed by atoms with Crippen molar-refractivity contribution >= 4 is 11.8 Å². The normalized spacial score (nSPS) is 42.5. The first kappa shape index (κ1) is 12.7. The van der Waals surface area contributed by atoms with E-state index in [0.717, 1.165) is 17.8 Å². The van der Waals surface area contributed by atoms with Gasteiger partial charge in [0.2, 0.25) is 11.8 Å². The molecule has 1 heterocycles. The Kier molecular flexibility index (Phi) is 2.67. The van der Waals surface area contributed by atoms with Crippen LogP contribution in [-0.4, -0.2) is 35.3 Å². The zero-order valence-corrected chi connectivity index (χ0v) is 12.2. The predicted octanol–water partition coefficient (Wildman–Crippen LogP) is 1.55. The Balaban J connectivity index is 1.40. The van der Waals surface area contributed by atoms with Gasteiger partial charge in [-0.05, 0) is 56.3 Å². The van der Waals surface area contributed by atoms with Gasteiger partial charge >= 0.3 is 0 Å². The van der Waals surface area contributed by atoms with Crippen molar-refractivity contribution in [3.63, 3.8) is 0 Å². The van der Waals surface area contributed by atoms with Crippen LogP contribution in [0.2, 0.25) is 0 Å². The van der Waals surface area contributed by atoms with E-state index in [-0.39, 0.29) is 23.3 Å². The lowest BCUT2D eigenvalue weighted by Gasteiger charge is -2.57. The number of hydrogen-bond donors (Lipinski definition) is 1. The molecule has 1 aliphatic heterocycles. The first-order chi connectivity index (χ1) is 9.53. The number of likely N-dealkylation sites (tertiary alicyclic amines) is 1. The van der Waals surface area contributed by atoms with E-state index in [1.165, 1.54) is 38.5 Å². The molecule has 20 heavy (non-hydrogen) atoms. The second kappa shape index (κ2) is 4.22. The average molecular weight is 276 g/mol. The zero-order valence-electron chi connectivity index (χ0n) is 12.2. The van der Waals surface area contributed by atoms with Crippen LogP contribution in [-0.2, 0) is 9.59 Å². The molecule has 0 aromatic heterocycles. The Morgan fingerprint density at radius 2 is 1.50 bits per heavy atom. The van der Waals surface area contributed by atoms with Crippen LogP contribution >= 0.6 is 0 Å². The van der Waals surface area contributed by atoms with Gasteiger partial charge < -0.3 is 10.2 Å². The standard InChI is InChI=1S/C16H24N2O2/c1-10(19)18-8-14(9-18)15(20)17-16-5-11-2-12(6-16)4-13(3-11)7-16/h11-14H,2-9H2,1H3,(H,17,20). The van der Waals surface area contributed by atoms with E-state index >= 15 is 0 Å². The summed E-state index contributed by atoms with van der Waals surface area (Å²) in [5.74, 6) is 2.89. The molecule has 0 radical (unpaired) electrons. The molecule has 0 spiro atoms. The fourth-order valence-corrected chi connectivity index (χ4v) is 5.53. The summed E-state index contributed by atoms with van der Waals surface area (Å²) in [6.45, 7) is 2.81. The van der Waals surface area contributed by atoms with Crippen molar-refractivity contribution in [2.45, 2.75) is 51.0 Å². The van der Waals surface area contributed by atoms with Gasteiger partial charge in [-0.15, -0.1) is 0 Å². The van der Waals surface area contributed by atoms with Crippen molar-refractivity contribution < 1.29 is 9.59 Å². The Morgan fingerprint density at radius 1 is 1.00 bits per heavy atom. The largest absolute Gasteiger partial charge is 0.350 e. The quantitative estimate of drug-likeness (QED) is 0.832. The molecule has 5 rings (SSSR count). The Morgan fingerprint density at radius 3 is 1.95 bits per heavy atom. The van der Waals surface area contributed by atoms with Gasteiger partial charge in [-0.25, -0.2) is 0 Å². The van der Waals surface area contributed by atoms with Crippen LogP contribution in [0.3, 0.4) is 0 Å². The minimum absolute atomic E-state index is 0.0342. The highest BCUT2D eigenvalue weighted by molar-refractivity contribution is 5.84. The third-order valence-electron chi connectivity index (χ3n) is 6.12. The first-order valence-corrected chi connectivity index (χ1v) is 8.10. The molecule has 2 amide bonds. The minimum Gasteiger partial charge on any atom is -0.350 e. The topological polar surface area (TPSA) is 49.4 Å². The molecule has 4 heteroatoms. The van der Waals surface area contributed by atoms with Crippen molar-refractivity contribution in [3.05, 3.63) is 0 Å². The highest BCUT2D eigenvalue weighted by atomic mass is 16.2. The number of hydrogen-bond acceptors (Lipinski definition) is 2. The molecule has 5 fully saturated rings. The number of carbonyl (C=O) groups excluding carboxylic acids is 2. The van der Waals surface area contributed by atoms with Gasteiger partial charge in [0.25, 0.3) is 0 Å². The van der Waals surface area contributed by atoms with Crippen LogP contribution in [0.1, 0.15) is 45.4 Å². The number of nitrogens with zero attached hydrogens (tertiary/aromatic N) is 1. The minimum atomic E-state index is 0.0342. The SMILES string of the molecule is CC(=O)N1CC(C(=O)NC23CC4CC(CC(C4)C2)C3)C1. The van der Waals surface area contributed by atoms with Gasteiger partial charge in [0.1, 0.15) is 0 Å². The highest BCUT2D eigenvalue weighted by Gasteiger charge is 2.52. The Hall–Kier alpha value is -1.06. The lowest BCUT2D eigenvalue weighted by atomic mass is 9.53. The number of rotatable bonds is 2. The maximum absolute atomic E-state index is 12.4. The maximum atomic E-state index is 12.4. The molecule has 4 aliphatic carbocycles.